The van der Waals surface area contributed by atoms with Gasteiger partial charge in [0.05, 0.1) is 31.0 Å². The van der Waals surface area contributed by atoms with Crippen LogP contribution >= 0.6 is 0 Å². The maximum Gasteiger partial charge on any atom is 0.323 e. The van der Waals surface area contributed by atoms with Crippen LogP contribution in [-0.4, -0.2) is 28.7 Å². The molecule has 2 rings (SSSR count). The topological polar surface area (TPSA) is 119 Å². The number of nitrogens with one attached hydrogen (secondary N) is 1. The fourth-order valence-electron chi connectivity index (χ4n) is 1.61. The molecule has 0 unspecified atom stereocenters. The summed E-state index contributed by atoms with van der Waals surface area (Å²) in [6, 6.07) is 7.13. The van der Waals surface area contributed by atoms with E-state index in [1.54, 1.807) is 18.2 Å². The number of nitrogen functional groups attached to an aromatic ring is 1. The molecule has 0 amide bonds. The molecule has 3 N–H and O–H groups in total. The number of hydrogen-bond donors (Lipinski definition) is 2. The third-order valence-electron chi connectivity index (χ3n) is 2.48. The van der Waals surface area contributed by atoms with E-state index in [1.807, 2.05) is 13.0 Å². The molecule has 0 aliphatic heterocycles. The zero-order valence-electron chi connectivity index (χ0n) is 11.6. The van der Waals surface area contributed by atoms with Crippen molar-refractivity contribution in [3.63, 3.8) is 0 Å². The van der Waals surface area contributed by atoms with Gasteiger partial charge in [-0.05, 0) is 19.1 Å². The minimum absolute atomic E-state index is 0.0450. The zero-order chi connectivity index (χ0) is 15.2. The molecule has 8 nitrogen and oxygen atoms in total. The largest absolute Gasteiger partial charge is 0.495 e. The lowest BCUT2D eigenvalue weighted by Crippen LogP contribution is -2.07. The third kappa shape index (κ3) is 3.48. The van der Waals surface area contributed by atoms with Gasteiger partial charge in [-0.2, -0.15) is 20.2 Å². The number of nitrogens with zero attached hydrogens (tertiary/aromatic N) is 4. The number of ether oxygens (including phenoxy) is 2. The molecule has 0 aliphatic carbocycles. The number of rotatable bonds is 5. The molecule has 0 saturated heterocycles. The average molecular weight is 286 g/mol. The van der Waals surface area contributed by atoms with E-state index in [0.717, 1.165) is 0 Å². The van der Waals surface area contributed by atoms with Crippen LogP contribution in [0.15, 0.2) is 18.2 Å². The first-order valence-electron chi connectivity index (χ1n) is 6.15. The lowest BCUT2D eigenvalue weighted by Gasteiger charge is -2.11. The van der Waals surface area contributed by atoms with E-state index in [4.69, 9.17) is 20.5 Å². The summed E-state index contributed by atoms with van der Waals surface area (Å²) in [5.41, 5.74) is 6.69. The molecule has 8 heteroatoms. The Kier molecular flexibility index (Phi) is 4.36. The Morgan fingerprint density at radius 1 is 1.33 bits per heavy atom. The van der Waals surface area contributed by atoms with Crippen LogP contribution in [0.25, 0.3) is 0 Å². The highest BCUT2D eigenvalue weighted by Crippen LogP contribution is 2.27. The van der Waals surface area contributed by atoms with Crippen molar-refractivity contribution in [3.05, 3.63) is 23.8 Å². The molecular formula is C13H14N6O2. The minimum Gasteiger partial charge on any atom is -0.495 e. The number of methoxy groups -OCH3 is 1. The Hall–Kier alpha value is -3.08. The second-order valence-corrected chi connectivity index (χ2v) is 3.88. The first-order chi connectivity index (χ1) is 10.2. The van der Waals surface area contributed by atoms with Gasteiger partial charge in [-0.15, -0.1) is 0 Å². The van der Waals surface area contributed by atoms with Crippen molar-refractivity contribution in [3.8, 4) is 17.8 Å². The Labute approximate surface area is 121 Å². The fourth-order valence-corrected chi connectivity index (χ4v) is 1.61. The fraction of sp³-hybridized carbons (Fsp3) is 0.231. The van der Waals surface area contributed by atoms with Gasteiger partial charge in [0, 0.05) is 6.07 Å². The second kappa shape index (κ2) is 6.38. The second-order valence-electron chi connectivity index (χ2n) is 3.88. The van der Waals surface area contributed by atoms with Crippen LogP contribution in [0.2, 0.25) is 0 Å². The van der Waals surface area contributed by atoms with Crippen molar-refractivity contribution >= 4 is 17.6 Å². The standard InChI is InChI=1S/C13H14N6O2/c1-3-21-13-18-11(15)17-12(19-13)16-9-5-4-8(7-14)6-10(9)20-2/h4-6H,3H2,1-2H3,(H3,15,16,17,18,19). The van der Waals surface area contributed by atoms with E-state index in [1.165, 1.54) is 7.11 Å². The number of nitrogens with two attached hydrogens (primary N) is 1. The van der Waals surface area contributed by atoms with E-state index >= 15 is 0 Å². The maximum atomic E-state index is 8.88. The highest BCUT2D eigenvalue weighted by molar-refractivity contribution is 5.64. The van der Waals surface area contributed by atoms with Gasteiger partial charge in [0.25, 0.3) is 0 Å². The van der Waals surface area contributed by atoms with Crippen molar-refractivity contribution in [2.45, 2.75) is 6.92 Å². The predicted octanol–water partition coefficient (Wildman–Crippen LogP) is 1.48. The van der Waals surface area contributed by atoms with Crippen molar-refractivity contribution in [2.75, 3.05) is 24.8 Å². The lowest BCUT2D eigenvalue weighted by atomic mass is 10.2. The van der Waals surface area contributed by atoms with Gasteiger partial charge in [0.2, 0.25) is 11.9 Å². The SMILES string of the molecule is CCOc1nc(N)nc(Nc2ccc(C#N)cc2OC)n1. The van der Waals surface area contributed by atoms with E-state index in [2.05, 4.69) is 20.3 Å². The lowest BCUT2D eigenvalue weighted by molar-refractivity contribution is 0.312. The van der Waals surface area contributed by atoms with E-state index in [9.17, 15) is 0 Å². The summed E-state index contributed by atoms with van der Waals surface area (Å²) in [5, 5.41) is 11.8. The number of benzene rings is 1. The molecule has 108 valence electrons. The van der Waals surface area contributed by atoms with E-state index in [0.29, 0.717) is 23.6 Å². The summed E-state index contributed by atoms with van der Waals surface area (Å²) in [4.78, 5) is 11.9. The van der Waals surface area contributed by atoms with Crippen LogP contribution < -0.4 is 20.5 Å². The summed E-state index contributed by atoms with van der Waals surface area (Å²) in [6.07, 6.45) is 0. The molecule has 0 fully saturated rings. The summed E-state index contributed by atoms with van der Waals surface area (Å²) >= 11 is 0. The maximum absolute atomic E-state index is 8.88. The summed E-state index contributed by atoms with van der Waals surface area (Å²) in [5.74, 6) is 0.767. The van der Waals surface area contributed by atoms with Gasteiger partial charge >= 0.3 is 6.01 Å². The molecule has 0 spiro atoms. The highest BCUT2D eigenvalue weighted by Gasteiger charge is 2.09. The molecule has 0 radical (unpaired) electrons. The molecule has 1 aromatic carbocycles. The normalized spacial score (nSPS) is 9.76. The first kappa shape index (κ1) is 14.3. The van der Waals surface area contributed by atoms with Crippen LogP contribution in [0, 0.1) is 11.3 Å². The summed E-state index contributed by atoms with van der Waals surface area (Å²) in [6.45, 7) is 2.24. The van der Waals surface area contributed by atoms with Crippen molar-refractivity contribution < 1.29 is 9.47 Å². The Morgan fingerprint density at radius 2 is 2.14 bits per heavy atom. The van der Waals surface area contributed by atoms with Crippen molar-refractivity contribution in [1.29, 1.82) is 5.26 Å². The van der Waals surface area contributed by atoms with E-state index < -0.39 is 0 Å². The molecule has 1 aromatic heterocycles. The van der Waals surface area contributed by atoms with E-state index in [-0.39, 0.29) is 17.9 Å². The number of nitriles is 1. The molecule has 0 saturated carbocycles. The first-order valence-corrected chi connectivity index (χ1v) is 6.15. The van der Waals surface area contributed by atoms with Gasteiger partial charge in [0.15, 0.2) is 0 Å². The van der Waals surface area contributed by atoms with Gasteiger partial charge in [-0.25, -0.2) is 0 Å². The highest BCUT2D eigenvalue weighted by atomic mass is 16.5. The predicted molar refractivity (Wildman–Crippen MR) is 76.4 cm³/mol. The van der Waals surface area contributed by atoms with Crippen LogP contribution in [0.3, 0.4) is 0 Å². The van der Waals surface area contributed by atoms with Crippen LogP contribution in [0.5, 0.6) is 11.8 Å². The zero-order valence-corrected chi connectivity index (χ0v) is 11.6. The molecule has 2 aromatic rings. The van der Waals surface area contributed by atoms with Crippen molar-refractivity contribution in [2.24, 2.45) is 0 Å². The Bertz CT molecular complexity index is 683. The smallest absolute Gasteiger partial charge is 0.323 e. The molecule has 21 heavy (non-hydrogen) atoms. The Balaban J connectivity index is 2.31. The monoisotopic (exact) mass is 286 g/mol. The minimum atomic E-state index is 0.0450. The van der Waals surface area contributed by atoms with Crippen LogP contribution in [0.1, 0.15) is 12.5 Å². The third-order valence-corrected chi connectivity index (χ3v) is 2.48. The van der Waals surface area contributed by atoms with Crippen LogP contribution in [0.4, 0.5) is 17.6 Å². The molecule has 0 aliphatic rings. The Morgan fingerprint density at radius 3 is 2.81 bits per heavy atom. The molecular weight excluding hydrogens is 272 g/mol. The van der Waals surface area contributed by atoms with Gasteiger partial charge in [-0.1, -0.05) is 0 Å². The number of anilines is 3. The molecule has 0 atom stereocenters. The quantitative estimate of drug-likeness (QED) is 0.848. The van der Waals surface area contributed by atoms with Gasteiger partial charge < -0.3 is 20.5 Å². The summed E-state index contributed by atoms with van der Waals surface area (Å²) < 4.78 is 10.4. The van der Waals surface area contributed by atoms with Gasteiger partial charge in [0.1, 0.15) is 5.75 Å². The number of hydrogen-bond acceptors (Lipinski definition) is 8. The van der Waals surface area contributed by atoms with Crippen molar-refractivity contribution in [1.82, 2.24) is 15.0 Å². The molecule has 0 bridgehead atoms. The number of aromatic nitrogens is 3. The van der Waals surface area contributed by atoms with Gasteiger partial charge in [-0.3, -0.25) is 0 Å². The van der Waals surface area contributed by atoms with Crippen LogP contribution in [-0.2, 0) is 0 Å². The summed E-state index contributed by atoms with van der Waals surface area (Å²) in [7, 11) is 1.51. The molecule has 1 heterocycles. The average Bonchev–Trinajstić information content (AvgIpc) is 2.47.